The molecule has 2 aliphatic heterocycles. The Labute approximate surface area is 157 Å². The molecule has 2 aliphatic rings. The van der Waals surface area contributed by atoms with Crippen molar-refractivity contribution in [3.8, 4) is 0 Å². The zero-order valence-corrected chi connectivity index (χ0v) is 15.4. The monoisotopic (exact) mass is 364 g/mol. The maximum Gasteiger partial charge on any atom is 0.278 e. The van der Waals surface area contributed by atoms with Crippen molar-refractivity contribution in [2.24, 2.45) is 0 Å². The van der Waals surface area contributed by atoms with Crippen molar-refractivity contribution in [3.63, 3.8) is 0 Å². The number of halogens is 1. The molecule has 0 N–H and O–H groups in total. The van der Waals surface area contributed by atoms with E-state index in [2.05, 4.69) is 6.07 Å². The Hall–Kier alpha value is -2.95. The summed E-state index contributed by atoms with van der Waals surface area (Å²) in [5.41, 5.74) is 3.44. The Morgan fingerprint density at radius 3 is 2.37 bits per heavy atom. The molecule has 0 unspecified atom stereocenters. The number of anilines is 1. The Bertz CT molecular complexity index is 947. The number of imide groups is 1. The lowest BCUT2D eigenvalue weighted by molar-refractivity contribution is -0.138. The maximum atomic E-state index is 13.4. The lowest BCUT2D eigenvalue weighted by atomic mass is 9.98. The molecule has 4 rings (SSSR count). The quantitative estimate of drug-likeness (QED) is 0.779. The fraction of sp³-hybridized carbons (Fsp3) is 0.273. The van der Waals surface area contributed by atoms with Crippen LogP contribution in [0.4, 0.5) is 10.1 Å². The molecule has 2 aromatic carbocycles. The molecule has 0 aromatic heterocycles. The van der Waals surface area contributed by atoms with E-state index in [1.54, 1.807) is 12.1 Å². The van der Waals surface area contributed by atoms with Crippen molar-refractivity contribution in [3.05, 3.63) is 71.2 Å². The number of carbonyl (C=O) groups excluding carboxylic acids is 2. The molecule has 2 heterocycles. The van der Waals surface area contributed by atoms with Crippen LogP contribution in [-0.2, 0) is 16.0 Å². The maximum absolute atomic E-state index is 13.4. The summed E-state index contributed by atoms with van der Waals surface area (Å²) in [6.07, 6.45) is 1.85. The van der Waals surface area contributed by atoms with Gasteiger partial charge in [-0.15, -0.1) is 0 Å². The van der Waals surface area contributed by atoms with Crippen LogP contribution in [0.15, 0.2) is 54.2 Å². The van der Waals surface area contributed by atoms with Crippen molar-refractivity contribution < 1.29 is 14.0 Å². The lowest BCUT2D eigenvalue weighted by Gasteiger charge is -2.32. The molecular weight excluding hydrogens is 343 g/mol. The molecule has 4 nitrogen and oxygen atoms in total. The van der Waals surface area contributed by atoms with E-state index in [1.165, 1.54) is 17.0 Å². The average molecular weight is 364 g/mol. The average Bonchev–Trinajstić information content (AvgIpc) is 2.92. The van der Waals surface area contributed by atoms with E-state index < -0.39 is 0 Å². The Morgan fingerprint density at radius 1 is 0.963 bits per heavy atom. The summed E-state index contributed by atoms with van der Waals surface area (Å²) in [6, 6.07) is 13.5. The SMILES string of the molecule is CC(C)N1C(=O)C(c2ccc(F)cc2)=C(N2CCCc3ccccc32)C1=O. The van der Waals surface area contributed by atoms with E-state index in [-0.39, 0.29) is 23.7 Å². The Balaban J connectivity index is 1.92. The molecule has 0 atom stereocenters. The van der Waals surface area contributed by atoms with Gasteiger partial charge in [0.05, 0.1) is 5.57 Å². The first kappa shape index (κ1) is 17.5. The predicted molar refractivity (Wildman–Crippen MR) is 102 cm³/mol. The number of fused-ring (bicyclic) bond motifs is 1. The van der Waals surface area contributed by atoms with Gasteiger partial charge in [-0.3, -0.25) is 14.5 Å². The Morgan fingerprint density at radius 2 is 1.67 bits per heavy atom. The number of rotatable bonds is 3. The summed E-state index contributed by atoms with van der Waals surface area (Å²) in [7, 11) is 0. The van der Waals surface area contributed by atoms with Gasteiger partial charge in [-0.25, -0.2) is 4.39 Å². The number of para-hydroxylation sites is 1. The molecule has 0 saturated carbocycles. The molecule has 0 saturated heterocycles. The van der Waals surface area contributed by atoms with Gasteiger partial charge in [0, 0.05) is 18.3 Å². The topological polar surface area (TPSA) is 40.6 Å². The highest BCUT2D eigenvalue weighted by Crippen LogP contribution is 2.38. The highest BCUT2D eigenvalue weighted by Gasteiger charge is 2.43. The van der Waals surface area contributed by atoms with E-state index in [0.29, 0.717) is 23.4 Å². The molecule has 0 aliphatic carbocycles. The normalized spacial score (nSPS) is 17.2. The van der Waals surface area contributed by atoms with Gasteiger partial charge in [0.25, 0.3) is 11.8 Å². The largest absolute Gasteiger partial charge is 0.336 e. The third kappa shape index (κ3) is 2.83. The van der Waals surface area contributed by atoms with Gasteiger partial charge in [0.1, 0.15) is 11.5 Å². The van der Waals surface area contributed by atoms with E-state index in [9.17, 15) is 14.0 Å². The van der Waals surface area contributed by atoms with Crippen molar-refractivity contribution in [1.29, 1.82) is 0 Å². The third-order valence-corrected chi connectivity index (χ3v) is 5.12. The van der Waals surface area contributed by atoms with Crippen LogP contribution in [0.2, 0.25) is 0 Å². The summed E-state index contributed by atoms with van der Waals surface area (Å²) in [5.74, 6) is -0.979. The predicted octanol–water partition coefficient (Wildman–Crippen LogP) is 3.77. The summed E-state index contributed by atoms with van der Waals surface area (Å²) < 4.78 is 13.4. The standard InChI is InChI=1S/C22H21FN2O2/c1-14(2)25-21(26)19(16-9-11-17(23)12-10-16)20(22(25)27)24-13-5-7-15-6-3-4-8-18(15)24/h3-4,6,8-12,14H,5,7,13H2,1-2H3. The molecule has 0 radical (unpaired) electrons. The van der Waals surface area contributed by atoms with Gasteiger partial charge >= 0.3 is 0 Å². The second kappa shape index (κ2) is 6.65. The zero-order chi connectivity index (χ0) is 19.1. The number of hydrogen-bond acceptors (Lipinski definition) is 3. The molecule has 0 fully saturated rings. The van der Waals surface area contributed by atoms with Gasteiger partial charge in [0.15, 0.2) is 0 Å². The summed E-state index contributed by atoms with van der Waals surface area (Å²) >= 11 is 0. The first-order valence-corrected chi connectivity index (χ1v) is 9.22. The smallest absolute Gasteiger partial charge is 0.278 e. The molecule has 27 heavy (non-hydrogen) atoms. The van der Waals surface area contributed by atoms with E-state index in [1.807, 2.05) is 36.9 Å². The van der Waals surface area contributed by atoms with Crippen LogP contribution in [0, 0.1) is 5.82 Å². The van der Waals surface area contributed by atoms with Crippen molar-refractivity contribution in [1.82, 2.24) is 4.90 Å². The zero-order valence-electron chi connectivity index (χ0n) is 15.4. The van der Waals surface area contributed by atoms with E-state index in [0.717, 1.165) is 24.1 Å². The lowest BCUT2D eigenvalue weighted by Crippen LogP contribution is -2.40. The molecular formula is C22H21FN2O2. The van der Waals surface area contributed by atoms with Crippen LogP contribution in [0.1, 0.15) is 31.4 Å². The number of carbonyl (C=O) groups is 2. The van der Waals surface area contributed by atoms with Crippen LogP contribution >= 0.6 is 0 Å². The van der Waals surface area contributed by atoms with Crippen LogP contribution in [0.5, 0.6) is 0 Å². The van der Waals surface area contributed by atoms with E-state index >= 15 is 0 Å². The number of nitrogens with zero attached hydrogens (tertiary/aromatic N) is 2. The second-order valence-electron chi connectivity index (χ2n) is 7.19. The summed E-state index contributed by atoms with van der Waals surface area (Å²) in [4.78, 5) is 29.6. The van der Waals surface area contributed by atoms with Crippen LogP contribution in [0.3, 0.4) is 0 Å². The van der Waals surface area contributed by atoms with Crippen molar-refractivity contribution >= 4 is 23.1 Å². The second-order valence-corrected chi connectivity index (χ2v) is 7.19. The van der Waals surface area contributed by atoms with Gasteiger partial charge < -0.3 is 4.90 Å². The van der Waals surface area contributed by atoms with E-state index in [4.69, 9.17) is 0 Å². The highest BCUT2D eigenvalue weighted by atomic mass is 19.1. The van der Waals surface area contributed by atoms with Gasteiger partial charge in [-0.2, -0.15) is 0 Å². The summed E-state index contributed by atoms with van der Waals surface area (Å²) in [6.45, 7) is 4.32. The molecule has 138 valence electrons. The van der Waals surface area contributed by atoms with Crippen LogP contribution < -0.4 is 4.90 Å². The minimum absolute atomic E-state index is 0.252. The first-order chi connectivity index (χ1) is 13.0. The number of benzene rings is 2. The van der Waals surface area contributed by atoms with Gasteiger partial charge in [0.2, 0.25) is 0 Å². The van der Waals surface area contributed by atoms with Crippen molar-refractivity contribution in [2.75, 3.05) is 11.4 Å². The Kier molecular flexibility index (Phi) is 4.30. The minimum Gasteiger partial charge on any atom is -0.336 e. The number of aryl methyl sites for hydroxylation is 1. The van der Waals surface area contributed by atoms with Crippen molar-refractivity contribution in [2.45, 2.75) is 32.7 Å². The van der Waals surface area contributed by atoms with Gasteiger partial charge in [-0.1, -0.05) is 30.3 Å². The molecule has 2 aromatic rings. The first-order valence-electron chi connectivity index (χ1n) is 9.22. The molecule has 0 spiro atoms. The number of amides is 2. The molecule has 2 amide bonds. The highest BCUT2D eigenvalue weighted by molar-refractivity contribution is 6.36. The fourth-order valence-electron chi connectivity index (χ4n) is 3.90. The third-order valence-electron chi connectivity index (χ3n) is 5.12. The molecule has 5 heteroatoms. The van der Waals surface area contributed by atoms with Crippen LogP contribution in [0.25, 0.3) is 5.57 Å². The number of hydrogen-bond donors (Lipinski definition) is 0. The van der Waals surface area contributed by atoms with Gasteiger partial charge in [-0.05, 0) is 56.0 Å². The minimum atomic E-state index is -0.373. The fourth-order valence-corrected chi connectivity index (χ4v) is 3.90. The van der Waals surface area contributed by atoms with Crippen LogP contribution in [-0.4, -0.2) is 29.3 Å². The molecule has 0 bridgehead atoms. The summed E-state index contributed by atoms with van der Waals surface area (Å²) in [5, 5.41) is 0.